The van der Waals surface area contributed by atoms with Crippen molar-refractivity contribution in [3.05, 3.63) is 47.8 Å². The lowest BCUT2D eigenvalue weighted by molar-refractivity contribution is 0.0510. The van der Waals surface area contributed by atoms with Gasteiger partial charge in [-0.15, -0.1) is 0 Å². The predicted octanol–water partition coefficient (Wildman–Crippen LogP) is 2.84. The van der Waals surface area contributed by atoms with E-state index >= 15 is 0 Å². The molecule has 1 aromatic heterocycles. The molecule has 0 saturated heterocycles. The topological polar surface area (TPSA) is 70.1 Å². The van der Waals surface area contributed by atoms with E-state index in [1.165, 1.54) is 4.68 Å². The number of carbonyl (C=O) groups excluding carboxylic acids is 1. The van der Waals surface area contributed by atoms with Crippen LogP contribution in [0.4, 0.5) is 10.5 Å². The van der Waals surface area contributed by atoms with Crippen LogP contribution in [0.3, 0.4) is 0 Å². The monoisotopic (exact) mass is 273 g/mol. The zero-order chi connectivity index (χ0) is 14.8. The molecule has 0 atom stereocenters. The molecule has 0 fully saturated rings. The molecule has 0 saturated carbocycles. The van der Waals surface area contributed by atoms with E-state index in [2.05, 4.69) is 5.10 Å². The smallest absolute Gasteiger partial charge is 0.435 e. The number of aromatic nitrogens is 2. The molecule has 0 radical (unpaired) electrons. The van der Waals surface area contributed by atoms with E-state index in [0.29, 0.717) is 12.1 Å². The lowest BCUT2D eigenvalue weighted by Crippen LogP contribution is -2.28. The van der Waals surface area contributed by atoms with Gasteiger partial charge in [-0.3, -0.25) is 0 Å². The SMILES string of the molecule is CC(C)(C)OC(=O)n1nccc1Cc1cccc(N)c1. The number of nitrogens with zero attached hydrogens (tertiary/aromatic N) is 2. The van der Waals surface area contributed by atoms with Crippen molar-refractivity contribution in [2.45, 2.75) is 32.8 Å². The summed E-state index contributed by atoms with van der Waals surface area (Å²) in [6.07, 6.45) is 1.69. The van der Waals surface area contributed by atoms with Crippen LogP contribution in [0, 0.1) is 0 Å². The summed E-state index contributed by atoms with van der Waals surface area (Å²) in [4.78, 5) is 12.1. The first-order valence-corrected chi connectivity index (χ1v) is 6.46. The largest absolute Gasteiger partial charge is 0.442 e. The van der Waals surface area contributed by atoms with Gasteiger partial charge >= 0.3 is 6.09 Å². The quantitative estimate of drug-likeness (QED) is 0.854. The summed E-state index contributed by atoms with van der Waals surface area (Å²) in [5.41, 5.74) is 7.70. The van der Waals surface area contributed by atoms with Crippen molar-refractivity contribution in [2.75, 3.05) is 5.73 Å². The molecular weight excluding hydrogens is 254 g/mol. The van der Waals surface area contributed by atoms with Gasteiger partial charge in [0.05, 0.1) is 5.69 Å². The molecule has 0 spiro atoms. The van der Waals surface area contributed by atoms with E-state index < -0.39 is 11.7 Å². The molecule has 2 rings (SSSR count). The molecule has 5 heteroatoms. The molecule has 0 unspecified atom stereocenters. The van der Waals surface area contributed by atoms with Crippen LogP contribution >= 0.6 is 0 Å². The number of nitrogens with two attached hydrogens (primary N) is 1. The normalized spacial score (nSPS) is 11.3. The second kappa shape index (κ2) is 5.36. The van der Waals surface area contributed by atoms with Gasteiger partial charge in [0, 0.05) is 18.3 Å². The molecule has 0 amide bonds. The van der Waals surface area contributed by atoms with Gasteiger partial charge in [0.2, 0.25) is 0 Å². The van der Waals surface area contributed by atoms with Crippen molar-refractivity contribution in [3.8, 4) is 0 Å². The fraction of sp³-hybridized carbons (Fsp3) is 0.333. The Labute approximate surface area is 118 Å². The molecule has 0 aliphatic heterocycles. The molecule has 5 nitrogen and oxygen atoms in total. The first kappa shape index (κ1) is 14.1. The summed E-state index contributed by atoms with van der Waals surface area (Å²) in [6.45, 7) is 5.48. The molecule has 0 bridgehead atoms. The van der Waals surface area contributed by atoms with Crippen LogP contribution in [0.1, 0.15) is 32.0 Å². The number of ether oxygens (including phenoxy) is 1. The van der Waals surface area contributed by atoms with E-state index in [4.69, 9.17) is 10.5 Å². The average Bonchev–Trinajstić information content (AvgIpc) is 2.75. The highest BCUT2D eigenvalue weighted by atomic mass is 16.6. The summed E-state index contributed by atoms with van der Waals surface area (Å²) in [6, 6.07) is 9.36. The van der Waals surface area contributed by atoms with Crippen molar-refractivity contribution in [1.29, 1.82) is 0 Å². The fourth-order valence-corrected chi connectivity index (χ4v) is 1.85. The van der Waals surface area contributed by atoms with Crippen molar-refractivity contribution >= 4 is 11.8 Å². The van der Waals surface area contributed by atoms with Crippen LogP contribution in [0.15, 0.2) is 36.5 Å². The van der Waals surface area contributed by atoms with Gasteiger partial charge in [-0.25, -0.2) is 4.79 Å². The maximum absolute atomic E-state index is 12.1. The lowest BCUT2D eigenvalue weighted by Gasteiger charge is -2.19. The minimum Gasteiger partial charge on any atom is -0.442 e. The van der Waals surface area contributed by atoms with Gasteiger partial charge in [0.15, 0.2) is 0 Å². The Morgan fingerprint density at radius 2 is 2.10 bits per heavy atom. The Kier molecular flexibility index (Phi) is 3.79. The Balaban J connectivity index is 2.19. The minimum atomic E-state index is -0.544. The number of carbonyl (C=O) groups is 1. The third-order valence-corrected chi connectivity index (χ3v) is 2.62. The molecule has 20 heavy (non-hydrogen) atoms. The van der Waals surface area contributed by atoms with Crippen LogP contribution in [-0.4, -0.2) is 21.5 Å². The number of nitrogen functional groups attached to an aromatic ring is 1. The number of rotatable bonds is 2. The lowest BCUT2D eigenvalue weighted by atomic mass is 10.1. The van der Waals surface area contributed by atoms with Crippen molar-refractivity contribution in [1.82, 2.24) is 9.78 Å². The van der Waals surface area contributed by atoms with Gasteiger partial charge in [-0.2, -0.15) is 9.78 Å². The van der Waals surface area contributed by atoms with Crippen LogP contribution < -0.4 is 5.73 Å². The molecule has 0 aliphatic carbocycles. The zero-order valence-corrected chi connectivity index (χ0v) is 12.0. The molecule has 1 aromatic carbocycles. The molecular formula is C15H19N3O2. The van der Waals surface area contributed by atoms with E-state index in [9.17, 15) is 4.79 Å². The summed E-state index contributed by atoms with van der Waals surface area (Å²) in [5, 5.41) is 4.03. The Morgan fingerprint density at radius 1 is 1.35 bits per heavy atom. The summed E-state index contributed by atoms with van der Waals surface area (Å²) in [7, 11) is 0. The summed E-state index contributed by atoms with van der Waals surface area (Å²) >= 11 is 0. The van der Waals surface area contributed by atoms with Gasteiger partial charge < -0.3 is 10.5 Å². The first-order chi connectivity index (χ1) is 9.35. The molecule has 2 aromatic rings. The van der Waals surface area contributed by atoms with Gasteiger partial charge in [0.1, 0.15) is 5.60 Å². The highest BCUT2D eigenvalue weighted by molar-refractivity contribution is 5.70. The number of hydrogen-bond donors (Lipinski definition) is 1. The van der Waals surface area contributed by atoms with E-state index in [1.807, 2.05) is 45.0 Å². The third kappa shape index (κ3) is 3.60. The van der Waals surface area contributed by atoms with Crippen molar-refractivity contribution < 1.29 is 9.53 Å². The minimum absolute atomic E-state index is 0.471. The van der Waals surface area contributed by atoms with Gasteiger partial charge in [0.25, 0.3) is 0 Å². The van der Waals surface area contributed by atoms with Crippen molar-refractivity contribution in [3.63, 3.8) is 0 Å². The summed E-state index contributed by atoms with van der Waals surface area (Å²) < 4.78 is 6.61. The second-order valence-corrected chi connectivity index (χ2v) is 5.64. The highest BCUT2D eigenvalue weighted by Gasteiger charge is 2.20. The number of benzene rings is 1. The van der Waals surface area contributed by atoms with Crippen LogP contribution in [0.25, 0.3) is 0 Å². The molecule has 1 heterocycles. The van der Waals surface area contributed by atoms with E-state index in [0.717, 1.165) is 11.3 Å². The third-order valence-electron chi connectivity index (χ3n) is 2.62. The Hall–Kier alpha value is -2.30. The van der Waals surface area contributed by atoms with Crippen LogP contribution in [0.2, 0.25) is 0 Å². The average molecular weight is 273 g/mol. The second-order valence-electron chi connectivity index (χ2n) is 5.64. The Morgan fingerprint density at radius 3 is 2.75 bits per heavy atom. The van der Waals surface area contributed by atoms with E-state index in [1.54, 1.807) is 12.3 Å². The molecule has 106 valence electrons. The van der Waals surface area contributed by atoms with E-state index in [-0.39, 0.29) is 0 Å². The van der Waals surface area contributed by atoms with Crippen molar-refractivity contribution in [2.24, 2.45) is 0 Å². The number of hydrogen-bond acceptors (Lipinski definition) is 4. The van der Waals surface area contributed by atoms with Crippen LogP contribution in [0.5, 0.6) is 0 Å². The molecule has 0 aliphatic rings. The van der Waals surface area contributed by atoms with Gasteiger partial charge in [-0.1, -0.05) is 12.1 Å². The predicted molar refractivity (Wildman–Crippen MR) is 77.5 cm³/mol. The maximum atomic E-state index is 12.1. The standard InChI is InChI=1S/C15H19N3O2/c1-15(2,3)20-14(19)18-13(7-8-17-18)10-11-5-4-6-12(16)9-11/h4-9H,10,16H2,1-3H3. The Bertz CT molecular complexity index is 612. The summed E-state index contributed by atoms with van der Waals surface area (Å²) in [5.74, 6) is 0. The first-order valence-electron chi connectivity index (χ1n) is 6.46. The maximum Gasteiger partial charge on any atom is 0.435 e. The van der Waals surface area contributed by atoms with Crippen LogP contribution in [-0.2, 0) is 11.2 Å². The molecule has 2 N–H and O–H groups in total. The van der Waals surface area contributed by atoms with Gasteiger partial charge in [-0.05, 0) is 44.5 Å². The highest BCUT2D eigenvalue weighted by Crippen LogP contribution is 2.14. The zero-order valence-electron chi connectivity index (χ0n) is 12.0. The fourth-order valence-electron chi connectivity index (χ4n) is 1.85. The number of anilines is 1.